The minimum atomic E-state index is -0.217. The average Bonchev–Trinajstić information content (AvgIpc) is 1.96. The van der Waals surface area contributed by atoms with Gasteiger partial charge in [0.25, 0.3) is 4.82 Å². The first-order valence-corrected chi connectivity index (χ1v) is 4.42. The maximum absolute atomic E-state index is 10.6. The Morgan fingerprint density at radius 1 is 1.33 bits per heavy atom. The number of hydrogen-bond donors (Lipinski definition) is 1. The van der Waals surface area contributed by atoms with Gasteiger partial charge < -0.3 is 5.32 Å². The highest BCUT2D eigenvalue weighted by molar-refractivity contribution is 9.18. The quantitative estimate of drug-likeness (QED) is 0.580. The molecule has 64 valence electrons. The summed E-state index contributed by atoms with van der Waals surface area (Å²) < 4.78 is 0. The van der Waals surface area contributed by atoms with E-state index in [-0.39, 0.29) is 4.82 Å². The molecule has 0 aliphatic carbocycles. The molecule has 0 aliphatic rings. The molecule has 0 radical (unpaired) electrons. The number of rotatable bonds is 1. The zero-order valence-corrected chi connectivity index (χ0v) is 8.60. The van der Waals surface area contributed by atoms with Gasteiger partial charge in [-0.2, -0.15) is 0 Å². The molecule has 0 bridgehead atoms. The van der Waals surface area contributed by atoms with E-state index in [9.17, 15) is 4.79 Å². The van der Waals surface area contributed by atoms with E-state index in [4.69, 9.17) is 0 Å². The van der Waals surface area contributed by atoms with Crippen molar-refractivity contribution < 1.29 is 4.79 Å². The topological polar surface area (TPSA) is 29.1 Å². The Labute approximate surface area is 80.1 Å². The van der Waals surface area contributed by atoms with E-state index >= 15 is 0 Å². The highest BCUT2D eigenvalue weighted by Gasteiger charge is 1.97. The molecule has 1 aromatic rings. The lowest BCUT2D eigenvalue weighted by atomic mass is 10.1. The Hall–Kier alpha value is -0.830. The molecule has 0 aliphatic heterocycles. The molecule has 1 N–H and O–H groups in total. The van der Waals surface area contributed by atoms with Crippen molar-refractivity contribution in [2.75, 3.05) is 5.32 Å². The number of aryl methyl sites for hydroxylation is 2. The summed E-state index contributed by atoms with van der Waals surface area (Å²) in [6.07, 6.45) is 0. The summed E-state index contributed by atoms with van der Waals surface area (Å²) >= 11 is 2.80. The van der Waals surface area contributed by atoms with Crippen LogP contribution < -0.4 is 5.32 Å². The maximum atomic E-state index is 10.6. The molecular formula is C9H10BrNO. The Morgan fingerprint density at radius 3 is 2.50 bits per heavy atom. The molecule has 1 rings (SSSR count). The maximum Gasteiger partial charge on any atom is 0.291 e. The van der Waals surface area contributed by atoms with Gasteiger partial charge in [0.1, 0.15) is 0 Å². The second-order valence-corrected chi connectivity index (χ2v) is 3.42. The summed E-state index contributed by atoms with van der Waals surface area (Å²) in [5.41, 5.74) is 3.22. The lowest BCUT2D eigenvalue weighted by molar-refractivity contribution is 0.270. The van der Waals surface area contributed by atoms with E-state index in [0.29, 0.717) is 0 Å². The first-order valence-electron chi connectivity index (χ1n) is 3.63. The van der Waals surface area contributed by atoms with Crippen molar-refractivity contribution in [1.29, 1.82) is 0 Å². The van der Waals surface area contributed by atoms with Crippen LogP contribution in [0.5, 0.6) is 0 Å². The largest absolute Gasteiger partial charge is 0.317 e. The van der Waals surface area contributed by atoms with E-state index in [1.165, 1.54) is 11.1 Å². The van der Waals surface area contributed by atoms with Gasteiger partial charge in [0, 0.05) is 21.6 Å². The number of halogens is 1. The Morgan fingerprint density at radius 2 is 2.00 bits per heavy atom. The van der Waals surface area contributed by atoms with Crippen LogP contribution in [0.2, 0.25) is 0 Å². The van der Waals surface area contributed by atoms with Gasteiger partial charge in [-0.25, -0.2) is 0 Å². The number of nitrogens with one attached hydrogen (secondary N) is 1. The average molecular weight is 228 g/mol. The summed E-state index contributed by atoms with van der Waals surface area (Å²) in [6, 6.07) is 5.80. The minimum Gasteiger partial charge on any atom is -0.317 e. The SMILES string of the molecule is Cc1ccc(NC(=O)Br)cc1C. The molecule has 0 saturated heterocycles. The third-order valence-corrected chi connectivity index (χ3v) is 1.95. The van der Waals surface area contributed by atoms with Crippen LogP contribution in [-0.4, -0.2) is 4.82 Å². The fourth-order valence-electron chi connectivity index (χ4n) is 0.933. The Balaban J connectivity index is 2.89. The fraction of sp³-hybridized carbons (Fsp3) is 0.222. The van der Waals surface area contributed by atoms with Crippen LogP contribution in [0.25, 0.3) is 0 Å². The van der Waals surface area contributed by atoms with Crippen molar-refractivity contribution in [2.24, 2.45) is 0 Å². The fourth-order valence-corrected chi connectivity index (χ4v) is 1.16. The van der Waals surface area contributed by atoms with E-state index in [2.05, 4.69) is 21.2 Å². The molecule has 0 unspecified atom stereocenters. The number of carbonyl (C=O) groups excluding carboxylic acids is 1. The van der Waals surface area contributed by atoms with Gasteiger partial charge in [-0.15, -0.1) is 0 Å². The van der Waals surface area contributed by atoms with Crippen LogP contribution in [0.4, 0.5) is 10.5 Å². The van der Waals surface area contributed by atoms with Crippen LogP contribution in [0.3, 0.4) is 0 Å². The van der Waals surface area contributed by atoms with E-state index in [1.807, 2.05) is 32.0 Å². The van der Waals surface area contributed by atoms with Crippen molar-refractivity contribution in [1.82, 2.24) is 0 Å². The lowest BCUT2D eigenvalue weighted by Gasteiger charge is -2.03. The molecule has 2 nitrogen and oxygen atoms in total. The van der Waals surface area contributed by atoms with Crippen LogP contribution in [-0.2, 0) is 0 Å². The van der Waals surface area contributed by atoms with E-state index in [0.717, 1.165) is 5.69 Å². The monoisotopic (exact) mass is 227 g/mol. The number of benzene rings is 1. The number of carbonyl (C=O) groups is 1. The third-order valence-electron chi connectivity index (χ3n) is 1.75. The van der Waals surface area contributed by atoms with Gasteiger partial charge in [0.2, 0.25) is 0 Å². The van der Waals surface area contributed by atoms with Crippen molar-refractivity contribution in [3.8, 4) is 0 Å². The van der Waals surface area contributed by atoms with Gasteiger partial charge in [-0.1, -0.05) is 6.07 Å². The molecule has 0 spiro atoms. The van der Waals surface area contributed by atoms with Crippen molar-refractivity contribution >= 4 is 26.4 Å². The standard InChI is InChI=1S/C9H10BrNO/c1-6-3-4-8(5-7(6)2)11-9(10)12/h3-5H,1-2H3,(H,11,12). The first kappa shape index (κ1) is 9.26. The van der Waals surface area contributed by atoms with Crippen molar-refractivity contribution in [3.05, 3.63) is 29.3 Å². The van der Waals surface area contributed by atoms with E-state index in [1.54, 1.807) is 0 Å². The van der Waals surface area contributed by atoms with Gasteiger partial charge in [0.15, 0.2) is 0 Å². The smallest absolute Gasteiger partial charge is 0.291 e. The van der Waals surface area contributed by atoms with Crippen molar-refractivity contribution in [3.63, 3.8) is 0 Å². The number of amides is 1. The lowest BCUT2D eigenvalue weighted by Crippen LogP contribution is -2.00. The highest BCUT2D eigenvalue weighted by atomic mass is 79.9. The van der Waals surface area contributed by atoms with Crippen LogP contribution >= 0.6 is 15.9 Å². The summed E-state index contributed by atoms with van der Waals surface area (Å²) in [6.45, 7) is 4.05. The van der Waals surface area contributed by atoms with Gasteiger partial charge in [-0.3, -0.25) is 4.79 Å². The molecule has 12 heavy (non-hydrogen) atoms. The summed E-state index contributed by atoms with van der Waals surface area (Å²) in [5.74, 6) is 0. The summed E-state index contributed by atoms with van der Waals surface area (Å²) in [5, 5.41) is 2.65. The Kier molecular flexibility index (Phi) is 2.87. The molecule has 0 atom stereocenters. The second-order valence-electron chi connectivity index (χ2n) is 2.70. The molecule has 1 amide bonds. The van der Waals surface area contributed by atoms with Gasteiger partial charge in [0.05, 0.1) is 0 Å². The molecule has 1 aromatic carbocycles. The van der Waals surface area contributed by atoms with Gasteiger partial charge in [-0.05, 0) is 37.1 Å². The second kappa shape index (κ2) is 3.72. The van der Waals surface area contributed by atoms with E-state index < -0.39 is 0 Å². The number of hydrogen-bond acceptors (Lipinski definition) is 1. The predicted molar refractivity (Wildman–Crippen MR) is 53.9 cm³/mol. The summed E-state index contributed by atoms with van der Waals surface area (Å²) in [4.78, 5) is 10.4. The predicted octanol–water partition coefficient (Wildman–Crippen LogP) is 3.23. The van der Waals surface area contributed by atoms with Crippen LogP contribution in [0.1, 0.15) is 11.1 Å². The van der Waals surface area contributed by atoms with Crippen molar-refractivity contribution in [2.45, 2.75) is 13.8 Å². The first-order chi connectivity index (χ1) is 5.59. The normalized spacial score (nSPS) is 9.58. The Bertz CT molecular complexity index is 309. The van der Waals surface area contributed by atoms with Crippen LogP contribution in [0, 0.1) is 13.8 Å². The minimum absolute atomic E-state index is 0.217. The molecule has 3 heteroatoms. The summed E-state index contributed by atoms with van der Waals surface area (Å²) in [7, 11) is 0. The zero-order chi connectivity index (χ0) is 9.14. The molecule has 0 heterocycles. The van der Waals surface area contributed by atoms with Crippen LogP contribution in [0.15, 0.2) is 18.2 Å². The molecule has 0 fully saturated rings. The third kappa shape index (κ3) is 2.34. The highest BCUT2D eigenvalue weighted by Crippen LogP contribution is 2.14. The molecular weight excluding hydrogens is 218 g/mol. The van der Waals surface area contributed by atoms with Gasteiger partial charge >= 0.3 is 0 Å². The number of anilines is 1. The zero-order valence-electron chi connectivity index (χ0n) is 7.02. The molecule has 0 aromatic heterocycles. The molecule has 0 saturated carbocycles.